The molecule has 1 aliphatic rings. The van der Waals surface area contributed by atoms with Gasteiger partial charge in [-0.05, 0) is 56.2 Å². The van der Waals surface area contributed by atoms with Gasteiger partial charge in [0.05, 0.1) is 5.69 Å². The minimum Gasteiger partial charge on any atom is -0.477 e. The highest BCUT2D eigenvalue weighted by molar-refractivity contribution is 7.19. The van der Waals surface area contributed by atoms with Gasteiger partial charge in [0.2, 0.25) is 0 Å². The monoisotopic (exact) mass is 340 g/mol. The molecule has 0 fully saturated rings. The van der Waals surface area contributed by atoms with Gasteiger partial charge in [-0.15, -0.1) is 0 Å². The van der Waals surface area contributed by atoms with Gasteiger partial charge in [0, 0.05) is 17.0 Å². The van der Waals surface area contributed by atoms with E-state index in [0.29, 0.717) is 11.3 Å². The van der Waals surface area contributed by atoms with Gasteiger partial charge >= 0.3 is 5.97 Å². The number of imidazole rings is 1. The fraction of sp³-hybridized carbons (Fsp3) is 0.368. The van der Waals surface area contributed by atoms with E-state index in [4.69, 9.17) is 4.98 Å². The number of aromatic carboxylic acids is 1. The summed E-state index contributed by atoms with van der Waals surface area (Å²) < 4.78 is 2.02. The van der Waals surface area contributed by atoms with E-state index in [9.17, 15) is 9.90 Å². The zero-order valence-corrected chi connectivity index (χ0v) is 14.7. The van der Waals surface area contributed by atoms with Crippen molar-refractivity contribution in [3.8, 4) is 11.3 Å². The highest BCUT2D eigenvalue weighted by Crippen LogP contribution is 2.33. The predicted octanol–water partition coefficient (Wildman–Crippen LogP) is 4.51. The van der Waals surface area contributed by atoms with Gasteiger partial charge in [-0.2, -0.15) is 0 Å². The molecule has 2 heterocycles. The van der Waals surface area contributed by atoms with Crippen LogP contribution < -0.4 is 0 Å². The molecule has 24 heavy (non-hydrogen) atoms. The second-order valence-electron chi connectivity index (χ2n) is 6.39. The van der Waals surface area contributed by atoms with Crippen LogP contribution in [0.15, 0.2) is 18.2 Å². The molecule has 5 heteroatoms. The summed E-state index contributed by atoms with van der Waals surface area (Å²) in [5.41, 5.74) is 6.89. The SMILES string of the molecule is CCc1c(C(=O)O)sc2nc(-c3ccc4c(c3)CCCC4)c(C)n12. The maximum absolute atomic E-state index is 11.4. The summed E-state index contributed by atoms with van der Waals surface area (Å²) in [7, 11) is 0. The first-order valence-corrected chi connectivity index (χ1v) is 9.28. The normalized spacial score (nSPS) is 14.1. The van der Waals surface area contributed by atoms with E-state index in [1.807, 2.05) is 18.2 Å². The molecule has 124 valence electrons. The summed E-state index contributed by atoms with van der Waals surface area (Å²) in [4.78, 5) is 17.4. The van der Waals surface area contributed by atoms with Gasteiger partial charge in [-0.25, -0.2) is 9.78 Å². The maximum atomic E-state index is 11.4. The van der Waals surface area contributed by atoms with Crippen molar-refractivity contribution in [3.63, 3.8) is 0 Å². The van der Waals surface area contributed by atoms with Crippen LogP contribution in [0.25, 0.3) is 16.2 Å². The number of hydrogen-bond donors (Lipinski definition) is 1. The van der Waals surface area contributed by atoms with Crippen LogP contribution in [0.1, 0.15) is 52.0 Å². The maximum Gasteiger partial charge on any atom is 0.347 e. The van der Waals surface area contributed by atoms with E-state index in [-0.39, 0.29) is 0 Å². The van der Waals surface area contributed by atoms with Crippen molar-refractivity contribution in [3.05, 3.63) is 45.6 Å². The average Bonchev–Trinajstić information content (AvgIpc) is 3.11. The molecule has 0 spiro atoms. The Morgan fingerprint density at radius 2 is 2.04 bits per heavy atom. The summed E-state index contributed by atoms with van der Waals surface area (Å²) in [6, 6.07) is 6.67. The number of fused-ring (bicyclic) bond motifs is 2. The third kappa shape index (κ3) is 2.26. The molecule has 1 aliphatic carbocycles. The number of aryl methyl sites for hydroxylation is 4. The Bertz CT molecular complexity index is 952. The van der Waals surface area contributed by atoms with Gasteiger partial charge < -0.3 is 5.11 Å². The molecule has 0 atom stereocenters. The third-order valence-electron chi connectivity index (χ3n) is 4.95. The molecular weight excluding hydrogens is 320 g/mol. The summed E-state index contributed by atoms with van der Waals surface area (Å²) in [6.07, 6.45) is 5.55. The van der Waals surface area contributed by atoms with Crippen LogP contribution in [0.5, 0.6) is 0 Å². The first kappa shape index (κ1) is 15.4. The van der Waals surface area contributed by atoms with E-state index in [1.54, 1.807) is 0 Å². The number of carboxylic acids is 1. The lowest BCUT2D eigenvalue weighted by Crippen LogP contribution is -2.03. The first-order chi connectivity index (χ1) is 11.6. The Kier molecular flexibility index (Phi) is 3.68. The number of benzene rings is 1. The molecule has 0 aliphatic heterocycles. The van der Waals surface area contributed by atoms with E-state index in [0.717, 1.165) is 34.0 Å². The van der Waals surface area contributed by atoms with Crippen LogP contribution in [0.4, 0.5) is 0 Å². The zero-order chi connectivity index (χ0) is 16.8. The van der Waals surface area contributed by atoms with Gasteiger partial charge in [0.25, 0.3) is 0 Å². The lowest BCUT2D eigenvalue weighted by atomic mass is 9.90. The molecule has 3 aromatic rings. The number of aromatic nitrogens is 2. The number of nitrogens with zero attached hydrogens (tertiary/aromatic N) is 2. The van der Waals surface area contributed by atoms with Gasteiger partial charge in [-0.3, -0.25) is 4.40 Å². The Hall–Kier alpha value is -2.14. The zero-order valence-electron chi connectivity index (χ0n) is 13.9. The lowest BCUT2D eigenvalue weighted by molar-refractivity contribution is 0.0700. The predicted molar refractivity (Wildman–Crippen MR) is 96.2 cm³/mol. The van der Waals surface area contributed by atoms with Crippen molar-refractivity contribution in [2.75, 3.05) is 0 Å². The van der Waals surface area contributed by atoms with Crippen LogP contribution in [0.2, 0.25) is 0 Å². The summed E-state index contributed by atoms with van der Waals surface area (Å²) in [5.74, 6) is -0.864. The second-order valence-corrected chi connectivity index (χ2v) is 7.37. The number of thiazole rings is 1. The van der Waals surface area contributed by atoms with Crippen molar-refractivity contribution in [1.82, 2.24) is 9.38 Å². The van der Waals surface area contributed by atoms with E-state index in [2.05, 4.69) is 18.2 Å². The fourth-order valence-electron chi connectivity index (χ4n) is 3.75. The highest BCUT2D eigenvalue weighted by atomic mass is 32.1. The van der Waals surface area contributed by atoms with Crippen LogP contribution in [-0.2, 0) is 19.3 Å². The molecular formula is C19H20N2O2S. The first-order valence-electron chi connectivity index (χ1n) is 8.46. The Morgan fingerprint density at radius 3 is 2.75 bits per heavy atom. The number of carboxylic acid groups (broad SMARTS) is 1. The molecule has 4 rings (SSSR count). The summed E-state index contributed by atoms with van der Waals surface area (Å²) >= 11 is 1.27. The molecule has 1 N–H and O–H groups in total. The highest BCUT2D eigenvalue weighted by Gasteiger charge is 2.22. The molecule has 0 amide bonds. The number of carbonyl (C=O) groups is 1. The minimum atomic E-state index is -0.864. The van der Waals surface area contributed by atoms with Crippen molar-refractivity contribution in [2.24, 2.45) is 0 Å². The van der Waals surface area contributed by atoms with Crippen LogP contribution >= 0.6 is 11.3 Å². The number of rotatable bonds is 3. The second kappa shape index (κ2) is 5.74. The molecule has 0 radical (unpaired) electrons. The molecule has 1 aromatic carbocycles. The van der Waals surface area contributed by atoms with Gasteiger partial charge in [-0.1, -0.05) is 30.4 Å². The largest absolute Gasteiger partial charge is 0.477 e. The summed E-state index contributed by atoms with van der Waals surface area (Å²) in [6.45, 7) is 4.03. The van der Waals surface area contributed by atoms with E-state index >= 15 is 0 Å². The lowest BCUT2D eigenvalue weighted by Gasteiger charge is -2.16. The van der Waals surface area contributed by atoms with E-state index < -0.39 is 5.97 Å². The Morgan fingerprint density at radius 1 is 1.29 bits per heavy atom. The van der Waals surface area contributed by atoms with Crippen LogP contribution in [-0.4, -0.2) is 20.5 Å². The molecule has 2 aromatic heterocycles. The minimum absolute atomic E-state index is 0.403. The van der Waals surface area contributed by atoms with Crippen LogP contribution in [0.3, 0.4) is 0 Å². The standard InChI is InChI=1S/C19H20N2O2S/c1-3-15-17(18(22)23)24-19-20-16(11(2)21(15)19)14-9-8-12-6-4-5-7-13(12)10-14/h8-10H,3-7H2,1-2H3,(H,22,23). The smallest absolute Gasteiger partial charge is 0.347 e. The Balaban J connectivity index is 1.87. The molecule has 0 saturated carbocycles. The van der Waals surface area contributed by atoms with Crippen molar-refractivity contribution >= 4 is 22.3 Å². The third-order valence-corrected chi connectivity index (χ3v) is 6.02. The van der Waals surface area contributed by atoms with Crippen molar-refractivity contribution in [1.29, 1.82) is 0 Å². The fourth-order valence-corrected chi connectivity index (χ4v) is 4.85. The van der Waals surface area contributed by atoms with Crippen molar-refractivity contribution < 1.29 is 9.90 Å². The molecule has 4 nitrogen and oxygen atoms in total. The quantitative estimate of drug-likeness (QED) is 0.763. The Labute approximate surface area is 144 Å². The topological polar surface area (TPSA) is 54.6 Å². The number of hydrogen-bond acceptors (Lipinski definition) is 3. The van der Waals surface area contributed by atoms with Crippen LogP contribution in [0, 0.1) is 6.92 Å². The van der Waals surface area contributed by atoms with Crippen molar-refractivity contribution in [2.45, 2.75) is 46.0 Å². The average molecular weight is 340 g/mol. The van der Waals surface area contributed by atoms with Gasteiger partial charge in [0.1, 0.15) is 4.88 Å². The van der Waals surface area contributed by atoms with E-state index in [1.165, 1.54) is 41.7 Å². The summed E-state index contributed by atoms with van der Waals surface area (Å²) in [5, 5.41) is 9.40. The molecule has 0 bridgehead atoms. The molecule has 0 unspecified atom stereocenters. The molecule has 0 saturated heterocycles. The van der Waals surface area contributed by atoms with Gasteiger partial charge in [0.15, 0.2) is 4.96 Å².